The van der Waals surface area contributed by atoms with Crippen molar-refractivity contribution in [1.29, 1.82) is 0 Å². The van der Waals surface area contributed by atoms with Crippen molar-refractivity contribution in [3.8, 4) is 0 Å². The van der Waals surface area contributed by atoms with Gasteiger partial charge < -0.3 is 5.32 Å². The van der Waals surface area contributed by atoms with Crippen LogP contribution in [0.3, 0.4) is 0 Å². The van der Waals surface area contributed by atoms with Crippen molar-refractivity contribution in [1.82, 2.24) is 10.2 Å². The molecule has 2 bridgehead atoms. The Morgan fingerprint density at radius 1 is 1.35 bits per heavy atom. The van der Waals surface area contributed by atoms with E-state index in [4.69, 9.17) is 0 Å². The molecule has 2 fully saturated rings. The third kappa shape index (κ3) is 2.56. The lowest BCUT2D eigenvalue weighted by Crippen LogP contribution is -2.47. The van der Waals surface area contributed by atoms with Crippen LogP contribution in [0.2, 0.25) is 0 Å². The van der Waals surface area contributed by atoms with Crippen LogP contribution in [0.25, 0.3) is 0 Å². The van der Waals surface area contributed by atoms with E-state index in [1.54, 1.807) is 0 Å². The van der Waals surface area contributed by atoms with Gasteiger partial charge >= 0.3 is 0 Å². The number of nitrogens with one attached hydrogen (secondary N) is 1. The minimum Gasteiger partial charge on any atom is -0.311 e. The normalized spacial score (nSPS) is 32.2. The molecular formula is C14H22N2S. The van der Waals surface area contributed by atoms with Gasteiger partial charge in [-0.05, 0) is 54.6 Å². The molecule has 2 aliphatic heterocycles. The first-order valence-electron chi connectivity index (χ1n) is 6.86. The predicted octanol–water partition coefficient (Wildman–Crippen LogP) is 2.85. The highest BCUT2D eigenvalue weighted by Gasteiger charge is 2.35. The van der Waals surface area contributed by atoms with E-state index in [9.17, 15) is 0 Å². The number of hydrogen-bond acceptors (Lipinski definition) is 3. The van der Waals surface area contributed by atoms with Crippen LogP contribution in [0.5, 0.6) is 0 Å². The maximum atomic E-state index is 3.73. The van der Waals surface area contributed by atoms with Gasteiger partial charge in [-0.15, -0.1) is 0 Å². The summed E-state index contributed by atoms with van der Waals surface area (Å²) in [5.41, 5.74) is 1.49. The SMILES string of the molecule is CCN(Cc1ccsc1)C1CC2CCC(C1)N2. The Morgan fingerprint density at radius 3 is 2.71 bits per heavy atom. The molecule has 17 heavy (non-hydrogen) atoms. The van der Waals surface area contributed by atoms with E-state index in [0.29, 0.717) is 0 Å². The number of hydrogen-bond donors (Lipinski definition) is 1. The van der Waals surface area contributed by atoms with E-state index >= 15 is 0 Å². The Hall–Kier alpha value is -0.380. The third-order valence-corrected chi connectivity index (χ3v) is 5.07. The molecule has 1 aromatic heterocycles. The second-order valence-electron chi connectivity index (χ2n) is 5.46. The van der Waals surface area contributed by atoms with Crippen LogP contribution in [0, 0.1) is 0 Å². The maximum absolute atomic E-state index is 3.73. The minimum absolute atomic E-state index is 0.801. The molecule has 0 spiro atoms. The smallest absolute Gasteiger partial charge is 0.0244 e. The van der Waals surface area contributed by atoms with Crippen molar-refractivity contribution in [2.75, 3.05) is 6.54 Å². The van der Waals surface area contributed by atoms with Gasteiger partial charge in [0.25, 0.3) is 0 Å². The molecule has 1 N–H and O–H groups in total. The van der Waals surface area contributed by atoms with Gasteiger partial charge in [0, 0.05) is 24.7 Å². The molecular weight excluding hydrogens is 228 g/mol. The van der Waals surface area contributed by atoms with Gasteiger partial charge in [-0.25, -0.2) is 0 Å². The average Bonchev–Trinajstić information content (AvgIpc) is 2.96. The molecule has 0 aromatic carbocycles. The van der Waals surface area contributed by atoms with E-state index < -0.39 is 0 Å². The summed E-state index contributed by atoms with van der Waals surface area (Å²) >= 11 is 1.81. The Labute approximate surface area is 108 Å². The number of fused-ring (bicyclic) bond motifs is 2. The molecule has 2 nitrogen and oxygen atoms in total. The summed E-state index contributed by atoms with van der Waals surface area (Å²) < 4.78 is 0. The summed E-state index contributed by atoms with van der Waals surface area (Å²) in [6.45, 7) is 4.63. The van der Waals surface area contributed by atoms with Crippen molar-refractivity contribution in [2.45, 2.75) is 57.3 Å². The molecule has 0 saturated carbocycles. The van der Waals surface area contributed by atoms with Gasteiger partial charge in [-0.1, -0.05) is 6.92 Å². The largest absolute Gasteiger partial charge is 0.311 e. The summed E-state index contributed by atoms with van der Waals surface area (Å²) in [7, 11) is 0. The molecule has 3 rings (SSSR count). The van der Waals surface area contributed by atoms with Crippen LogP contribution >= 0.6 is 11.3 Å². The van der Waals surface area contributed by atoms with Crippen LogP contribution in [0.15, 0.2) is 16.8 Å². The third-order valence-electron chi connectivity index (χ3n) is 4.34. The van der Waals surface area contributed by atoms with Gasteiger partial charge in [-0.3, -0.25) is 4.90 Å². The molecule has 2 atom stereocenters. The van der Waals surface area contributed by atoms with Crippen molar-refractivity contribution < 1.29 is 0 Å². The Balaban J connectivity index is 1.64. The topological polar surface area (TPSA) is 15.3 Å². The Kier molecular flexibility index (Phi) is 3.50. The predicted molar refractivity (Wildman–Crippen MR) is 73.4 cm³/mol. The number of rotatable bonds is 4. The molecule has 2 unspecified atom stereocenters. The highest BCUT2D eigenvalue weighted by atomic mass is 32.1. The van der Waals surface area contributed by atoms with Crippen molar-refractivity contribution >= 4 is 11.3 Å². The van der Waals surface area contributed by atoms with Crippen molar-refractivity contribution in [2.24, 2.45) is 0 Å². The molecule has 94 valence electrons. The second kappa shape index (κ2) is 5.09. The van der Waals surface area contributed by atoms with Gasteiger partial charge in [-0.2, -0.15) is 11.3 Å². The summed E-state index contributed by atoms with van der Waals surface area (Å²) in [4.78, 5) is 2.67. The van der Waals surface area contributed by atoms with E-state index in [1.165, 1.54) is 37.8 Å². The van der Waals surface area contributed by atoms with Gasteiger partial charge in [0.2, 0.25) is 0 Å². The summed E-state index contributed by atoms with van der Waals surface area (Å²) in [5.74, 6) is 0. The lowest BCUT2D eigenvalue weighted by Gasteiger charge is -2.37. The number of thiophene rings is 1. The van der Waals surface area contributed by atoms with Crippen LogP contribution in [0.4, 0.5) is 0 Å². The lowest BCUT2D eigenvalue weighted by atomic mass is 9.98. The fraction of sp³-hybridized carbons (Fsp3) is 0.714. The standard InChI is InChI=1S/C14H22N2S/c1-2-16(9-11-5-6-17-10-11)14-7-12-3-4-13(8-14)15-12/h5-6,10,12-15H,2-4,7-9H2,1H3. The van der Waals surface area contributed by atoms with Crippen molar-refractivity contribution in [3.63, 3.8) is 0 Å². The fourth-order valence-electron chi connectivity index (χ4n) is 3.44. The Bertz CT molecular complexity index is 337. The van der Waals surface area contributed by atoms with Crippen LogP contribution in [0.1, 0.15) is 38.2 Å². The first-order valence-corrected chi connectivity index (χ1v) is 7.80. The molecule has 0 radical (unpaired) electrons. The van der Waals surface area contributed by atoms with Crippen LogP contribution < -0.4 is 5.32 Å². The first kappa shape index (κ1) is 11.7. The zero-order valence-electron chi connectivity index (χ0n) is 10.6. The zero-order valence-corrected chi connectivity index (χ0v) is 11.4. The highest BCUT2D eigenvalue weighted by molar-refractivity contribution is 7.07. The Morgan fingerprint density at radius 2 is 2.12 bits per heavy atom. The van der Waals surface area contributed by atoms with Gasteiger partial charge in [0.05, 0.1) is 0 Å². The molecule has 1 aromatic rings. The van der Waals surface area contributed by atoms with Gasteiger partial charge in [0.1, 0.15) is 0 Å². The number of piperidine rings is 1. The zero-order chi connectivity index (χ0) is 11.7. The van der Waals surface area contributed by atoms with Gasteiger partial charge in [0.15, 0.2) is 0 Å². The molecule has 0 aliphatic carbocycles. The fourth-order valence-corrected chi connectivity index (χ4v) is 4.10. The quantitative estimate of drug-likeness (QED) is 0.884. The van der Waals surface area contributed by atoms with E-state index in [1.807, 2.05) is 11.3 Å². The molecule has 2 saturated heterocycles. The molecule has 3 heteroatoms. The average molecular weight is 250 g/mol. The summed E-state index contributed by atoms with van der Waals surface area (Å²) in [5, 5.41) is 8.21. The lowest BCUT2D eigenvalue weighted by molar-refractivity contribution is 0.141. The summed E-state index contributed by atoms with van der Waals surface area (Å²) in [6.07, 6.45) is 5.51. The minimum atomic E-state index is 0.801. The maximum Gasteiger partial charge on any atom is 0.0244 e. The molecule has 2 aliphatic rings. The van der Waals surface area contributed by atoms with E-state index in [2.05, 4.69) is 34.0 Å². The van der Waals surface area contributed by atoms with E-state index in [0.717, 1.165) is 24.7 Å². The van der Waals surface area contributed by atoms with Crippen molar-refractivity contribution in [3.05, 3.63) is 22.4 Å². The number of nitrogens with zero attached hydrogens (tertiary/aromatic N) is 1. The van der Waals surface area contributed by atoms with Crippen LogP contribution in [-0.2, 0) is 6.54 Å². The molecule has 3 heterocycles. The molecule has 0 amide bonds. The highest BCUT2D eigenvalue weighted by Crippen LogP contribution is 2.30. The first-order chi connectivity index (χ1) is 8.35. The summed E-state index contributed by atoms with van der Waals surface area (Å²) in [6, 6.07) is 4.67. The second-order valence-corrected chi connectivity index (χ2v) is 6.24. The van der Waals surface area contributed by atoms with Crippen LogP contribution in [-0.4, -0.2) is 29.6 Å². The van der Waals surface area contributed by atoms with E-state index in [-0.39, 0.29) is 0 Å². The monoisotopic (exact) mass is 250 g/mol.